The van der Waals surface area contributed by atoms with E-state index in [-0.39, 0.29) is 19.3 Å². The summed E-state index contributed by atoms with van der Waals surface area (Å²) < 4.78 is 39.9. The van der Waals surface area contributed by atoms with Crippen LogP contribution in [0.2, 0.25) is 0 Å². The van der Waals surface area contributed by atoms with Crippen molar-refractivity contribution in [3.05, 3.63) is 35.1 Å². The topological polar surface area (TPSA) is 23.8 Å². The molecule has 0 N–H and O–H groups in total. The summed E-state index contributed by atoms with van der Waals surface area (Å²) in [5.41, 5.74) is 0.591. The fourth-order valence-corrected chi connectivity index (χ4v) is 4.45. The third-order valence-corrected chi connectivity index (χ3v) is 5.87. The first kappa shape index (κ1) is 18.8. The van der Waals surface area contributed by atoms with Gasteiger partial charge in [0.05, 0.1) is 6.07 Å². The maximum absolute atomic E-state index is 13.4. The third-order valence-electron chi connectivity index (χ3n) is 5.87. The lowest BCUT2D eigenvalue weighted by atomic mass is 9.68. The Labute approximate surface area is 142 Å². The number of nitriles is 1. The average molecular weight is 337 g/mol. The number of nitrogens with zero attached hydrogens (tertiary/aromatic N) is 1. The second kappa shape index (κ2) is 8.05. The highest BCUT2D eigenvalue weighted by Crippen LogP contribution is 2.44. The van der Waals surface area contributed by atoms with Crippen LogP contribution in [0.1, 0.15) is 70.3 Å². The van der Waals surface area contributed by atoms with E-state index in [4.69, 9.17) is 5.26 Å². The molecule has 0 saturated heterocycles. The van der Waals surface area contributed by atoms with Crippen LogP contribution >= 0.6 is 0 Å². The van der Waals surface area contributed by atoms with Gasteiger partial charge < -0.3 is 0 Å². The summed E-state index contributed by atoms with van der Waals surface area (Å²) in [6, 6.07) is 4.68. The summed E-state index contributed by atoms with van der Waals surface area (Å²) in [6.07, 6.45) is 8.23. The van der Waals surface area contributed by atoms with Crippen LogP contribution < -0.4 is 0 Å². The largest absolute Gasteiger partial charge is 0.204 e. The van der Waals surface area contributed by atoms with E-state index in [0.717, 1.165) is 63.5 Å². The normalized spacial score (nSPS) is 30.2. The Kier molecular flexibility index (Phi) is 6.32. The molecule has 0 unspecified atom stereocenters. The molecule has 1 aromatic rings. The Balaban J connectivity index is 0.00000208. The summed E-state index contributed by atoms with van der Waals surface area (Å²) in [5, 5.41) is 8.97. The molecule has 24 heavy (non-hydrogen) atoms. The molecule has 3 rings (SSSR count). The van der Waals surface area contributed by atoms with Gasteiger partial charge in [-0.25, -0.2) is 13.2 Å². The minimum Gasteiger partial charge on any atom is -0.204 e. The van der Waals surface area contributed by atoms with Crippen molar-refractivity contribution < 1.29 is 13.2 Å². The van der Waals surface area contributed by atoms with E-state index in [1.165, 1.54) is 0 Å². The molecule has 2 saturated carbocycles. The van der Waals surface area contributed by atoms with Gasteiger partial charge in [-0.1, -0.05) is 7.43 Å². The van der Waals surface area contributed by atoms with Crippen molar-refractivity contribution in [3.8, 4) is 6.07 Å². The molecule has 1 nitrogen and oxygen atoms in total. The number of hydrogen-bond acceptors (Lipinski definition) is 1. The van der Waals surface area contributed by atoms with E-state index < -0.39 is 17.5 Å². The molecule has 2 aliphatic carbocycles. The Morgan fingerprint density at radius 1 is 0.792 bits per heavy atom. The highest BCUT2D eigenvalue weighted by Gasteiger charge is 2.31. The first-order chi connectivity index (χ1) is 11.1. The van der Waals surface area contributed by atoms with E-state index >= 15 is 0 Å². The van der Waals surface area contributed by atoms with Crippen LogP contribution in [0.15, 0.2) is 12.1 Å². The van der Waals surface area contributed by atoms with E-state index in [1.807, 2.05) is 0 Å². The Bertz CT molecular complexity index is 568. The number of benzene rings is 1. The van der Waals surface area contributed by atoms with E-state index in [1.54, 1.807) is 0 Å². The smallest absolute Gasteiger partial charge is 0.194 e. The highest BCUT2D eigenvalue weighted by atomic mass is 19.2. The predicted octanol–water partition coefficient (Wildman–Crippen LogP) is 6.34. The molecule has 132 valence electrons. The molecule has 2 fully saturated rings. The van der Waals surface area contributed by atoms with Gasteiger partial charge in [0.2, 0.25) is 0 Å². The lowest BCUT2D eigenvalue weighted by molar-refractivity contribution is 0.173. The van der Waals surface area contributed by atoms with Crippen LogP contribution in [-0.2, 0) is 0 Å². The van der Waals surface area contributed by atoms with Gasteiger partial charge in [-0.2, -0.15) is 5.26 Å². The van der Waals surface area contributed by atoms with Crippen molar-refractivity contribution in [2.24, 2.45) is 17.8 Å². The summed E-state index contributed by atoms with van der Waals surface area (Å²) in [4.78, 5) is 0. The van der Waals surface area contributed by atoms with Crippen LogP contribution in [0.3, 0.4) is 0 Å². The van der Waals surface area contributed by atoms with Crippen molar-refractivity contribution in [2.75, 3.05) is 0 Å². The summed E-state index contributed by atoms with van der Waals surface area (Å²) >= 11 is 0. The summed E-state index contributed by atoms with van der Waals surface area (Å²) in [5.74, 6) is -1.83. The van der Waals surface area contributed by atoms with Crippen LogP contribution in [0, 0.1) is 46.5 Å². The van der Waals surface area contributed by atoms with Gasteiger partial charge in [0.25, 0.3) is 0 Å². The molecule has 0 radical (unpaired) electrons. The Morgan fingerprint density at radius 3 is 1.71 bits per heavy atom. The average Bonchev–Trinajstić information content (AvgIpc) is 2.59. The Morgan fingerprint density at radius 2 is 1.25 bits per heavy atom. The summed E-state index contributed by atoms with van der Waals surface area (Å²) in [7, 11) is 0. The molecule has 0 heterocycles. The zero-order valence-corrected chi connectivity index (χ0v) is 13.2. The van der Waals surface area contributed by atoms with Gasteiger partial charge in [0, 0.05) is 5.92 Å². The Hall–Kier alpha value is -1.50. The van der Waals surface area contributed by atoms with Gasteiger partial charge >= 0.3 is 0 Å². The maximum atomic E-state index is 13.4. The lowest BCUT2D eigenvalue weighted by Crippen LogP contribution is -2.25. The van der Waals surface area contributed by atoms with Gasteiger partial charge in [0.1, 0.15) is 0 Å². The SMILES string of the molecule is C.N#CC1CCC(C2CCC(c3cc(F)c(F)c(F)c3)CC2)CC1. The molecule has 0 aromatic heterocycles. The van der Waals surface area contributed by atoms with Crippen molar-refractivity contribution >= 4 is 0 Å². The number of rotatable bonds is 2. The quantitative estimate of drug-likeness (QED) is 0.577. The van der Waals surface area contributed by atoms with Crippen LogP contribution in [0.5, 0.6) is 0 Å². The van der Waals surface area contributed by atoms with Crippen molar-refractivity contribution in [2.45, 2.75) is 64.7 Å². The minimum atomic E-state index is -1.38. The van der Waals surface area contributed by atoms with E-state index in [9.17, 15) is 13.2 Å². The van der Waals surface area contributed by atoms with Crippen LogP contribution in [0.25, 0.3) is 0 Å². The predicted molar refractivity (Wildman–Crippen MR) is 88.8 cm³/mol. The first-order valence-electron chi connectivity index (χ1n) is 8.62. The molecule has 0 atom stereocenters. The number of halogens is 3. The monoisotopic (exact) mass is 337 g/mol. The third kappa shape index (κ3) is 3.94. The molecular formula is C20H26F3N. The van der Waals surface area contributed by atoms with Gasteiger partial charge in [0.15, 0.2) is 17.5 Å². The van der Waals surface area contributed by atoms with Gasteiger partial charge in [-0.3, -0.25) is 0 Å². The van der Waals surface area contributed by atoms with E-state index in [0.29, 0.717) is 17.4 Å². The zero-order chi connectivity index (χ0) is 16.4. The second-order valence-electron chi connectivity index (χ2n) is 7.15. The molecule has 0 amide bonds. The molecular weight excluding hydrogens is 311 g/mol. The minimum absolute atomic E-state index is 0. The first-order valence-corrected chi connectivity index (χ1v) is 8.62. The molecule has 0 aliphatic heterocycles. The zero-order valence-electron chi connectivity index (χ0n) is 13.2. The fourth-order valence-electron chi connectivity index (χ4n) is 4.45. The second-order valence-corrected chi connectivity index (χ2v) is 7.15. The maximum Gasteiger partial charge on any atom is 0.194 e. The van der Waals surface area contributed by atoms with Gasteiger partial charge in [-0.15, -0.1) is 0 Å². The number of hydrogen-bond donors (Lipinski definition) is 0. The molecule has 2 aliphatic rings. The van der Waals surface area contributed by atoms with Gasteiger partial charge in [-0.05, 0) is 86.8 Å². The molecule has 1 aromatic carbocycles. The van der Waals surface area contributed by atoms with Crippen LogP contribution in [-0.4, -0.2) is 0 Å². The standard InChI is InChI=1S/C19H22F3N.CH4/c20-17-9-16(10-18(21)19(17)22)15-7-5-14(6-8-15)13-3-1-12(11-23)2-4-13;/h9-10,12-15H,1-8H2;1H4. The van der Waals surface area contributed by atoms with E-state index in [2.05, 4.69) is 6.07 Å². The van der Waals surface area contributed by atoms with Crippen molar-refractivity contribution in [1.29, 1.82) is 5.26 Å². The molecule has 0 bridgehead atoms. The van der Waals surface area contributed by atoms with Crippen LogP contribution in [0.4, 0.5) is 13.2 Å². The van der Waals surface area contributed by atoms with Crippen molar-refractivity contribution in [3.63, 3.8) is 0 Å². The summed E-state index contributed by atoms with van der Waals surface area (Å²) in [6.45, 7) is 0. The molecule has 4 heteroatoms. The lowest BCUT2D eigenvalue weighted by Gasteiger charge is -2.37. The highest BCUT2D eigenvalue weighted by molar-refractivity contribution is 5.23. The fraction of sp³-hybridized carbons (Fsp3) is 0.650. The molecule has 0 spiro atoms. The van der Waals surface area contributed by atoms with Crippen molar-refractivity contribution in [1.82, 2.24) is 0 Å².